The second-order valence-corrected chi connectivity index (χ2v) is 4.11. The number of hydrogen-bond acceptors (Lipinski definition) is 3. The summed E-state index contributed by atoms with van der Waals surface area (Å²) in [5, 5.41) is 0. The van der Waals surface area contributed by atoms with Gasteiger partial charge in [0.05, 0.1) is 16.4 Å². The predicted molar refractivity (Wildman–Crippen MR) is 57.8 cm³/mol. The molecule has 2 N–H and O–H groups in total. The van der Waals surface area contributed by atoms with Crippen LogP contribution in [-0.2, 0) is 0 Å². The fourth-order valence-corrected chi connectivity index (χ4v) is 1.92. The maximum absolute atomic E-state index is 5.61. The lowest BCUT2D eigenvalue weighted by Gasteiger charge is -2.17. The molecular formula is C9H12BrN3. The van der Waals surface area contributed by atoms with E-state index in [4.69, 9.17) is 5.73 Å². The Labute approximate surface area is 86.1 Å². The fourth-order valence-electron chi connectivity index (χ4n) is 1.59. The molecule has 1 aliphatic rings. The lowest BCUT2D eigenvalue weighted by Crippen LogP contribution is -2.17. The van der Waals surface area contributed by atoms with Crippen molar-refractivity contribution >= 4 is 27.4 Å². The van der Waals surface area contributed by atoms with Crippen molar-refractivity contribution in [3.63, 3.8) is 0 Å². The highest BCUT2D eigenvalue weighted by molar-refractivity contribution is 9.10. The summed E-state index contributed by atoms with van der Waals surface area (Å²) in [4.78, 5) is 6.44. The van der Waals surface area contributed by atoms with Crippen LogP contribution in [0.1, 0.15) is 12.8 Å². The van der Waals surface area contributed by atoms with E-state index in [2.05, 4.69) is 25.8 Å². The van der Waals surface area contributed by atoms with E-state index in [9.17, 15) is 0 Å². The number of aromatic nitrogens is 1. The van der Waals surface area contributed by atoms with Crippen LogP contribution in [0.25, 0.3) is 0 Å². The van der Waals surface area contributed by atoms with Gasteiger partial charge in [0.1, 0.15) is 5.82 Å². The summed E-state index contributed by atoms with van der Waals surface area (Å²) in [7, 11) is 0. The number of hydrogen-bond donors (Lipinski definition) is 1. The first-order valence-electron chi connectivity index (χ1n) is 4.43. The van der Waals surface area contributed by atoms with E-state index >= 15 is 0 Å². The summed E-state index contributed by atoms with van der Waals surface area (Å²) < 4.78 is 0.886. The summed E-state index contributed by atoms with van der Waals surface area (Å²) >= 11 is 3.38. The Balaban J connectivity index is 2.25. The molecule has 1 aliphatic heterocycles. The van der Waals surface area contributed by atoms with Gasteiger partial charge in [-0.1, -0.05) is 0 Å². The van der Waals surface area contributed by atoms with Crippen LogP contribution in [0.4, 0.5) is 11.5 Å². The van der Waals surface area contributed by atoms with Gasteiger partial charge in [-0.25, -0.2) is 4.98 Å². The van der Waals surface area contributed by atoms with E-state index in [-0.39, 0.29) is 0 Å². The van der Waals surface area contributed by atoms with Crippen LogP contribution >= 0.6 is 15.9 Å². The maximum atomic E-state index is 5.61. The smallest absolute Gasteiger partial charge is 0.137 e. The molecule has 0 aliphatic carbocycles. The zero-order valence-corrected chi connectivity index (χ0v) is 8.92. The fraction of sp³-hybridized carbons (Fsp3) is 0.444. The molecule has 3 nitrogen and oxygen atoms in total. The van der Waals surface area contributed by atoms with Gasteiger partial charge in [-0.15, -0.1) is 0 Å². The molecule has 0 aromatic carbocycles. The molecule has 2 heterocycles. The van der Waals surface area contributed by atoms with Crippen molar-refractivity contribution in [2.45, 2.75) is 12.8 Å². The zero-order chi connectivity index (χ0) is 9.26. The number of halogens is 1. The molecule has 2 rings (SSSR count). The molecular weight excluding hydrogens is 230 g/mol. The van der Waals surface area contributed by atoms with Gasteiger partial charge < -0.3 is 10.6 Å². The summed E-state index contributed by atoms with van der Waals surface area (Å²) in [5.41, 5.74) is 6.78. The molecule has 1 fully saturated rings. The second-order valence-electron chi connectivity index (χ2n) is 3.25. The first-order valence-corrected chi connectivity index (χ1v) is 5.22. The van der Waals surface area contributed by atoms with Crippen molar-refractivity contribution in [2.75, 3.05) is 23.7 Å². The Bertz CT molecular complexity index is 308. The summed E-state index contributed by atoms with van der Waals surface area (Å²) in [6.45, 7) is 2.27. The van der Waals surface area contributed by atoms with E-state index in [0.717, 1.165) is 17.6 Å². The summed E-state index contributed by atoms with van der Waals surface area (Å²) in [6.07, 6.45) is 4.40. The molecule has 0 unspecified atom stereocenters. The van der Waals surface area contributed by atoms with E-state index in [1.165, 1.54) is 18.5 Å². The standard InChI is InChI=1S/C9H12BrN3/c10-8-5-7(6-12-9(8)11)13-3-1-2-4-13/h5-6H,1-4H2,(H2,11,12). The number of nitrogens with two attached hydrogens (primary N) is 1. The average Bonchev–Trinajstić information content (AvgIpc) is 2.62. The Hall–Kier alpha value is -0.770. The minimum atomic E-state index is 0.558. The minimum Gasteiger partial charge on any atom is -0.383 e. The van der Waals surface area contributed by atoms with Gasteiger partial charge in [0, 0.05) is 13.1 Å². The highest BCUT2D eigenvalue weighted by Crippen LogP contribution is 2.25. The van der Waals surface area contributed by atoms with Crippen LogP contribution < -0.4 is 10.6 Å². The maximum Gasteiger partial charge on any atom is 0.137 e. The largest absolute Gasteiger partial charge is 0.383 e. The number of rotatable bonds is 1. The van der Waals surface area contributed by atoms with Gasteiger partial charge in [0.25, 0.3) is 0 Å². The van der Waals surface area contributed by atoms with Crippen molar-refractivity contribution in [3.8, 4) is 0 Å². The molecule has 13 heavy (non-hydrogen) atoms. The Kier molecular flexibility index (Phi) is 2.40. The monoisotopic (exact) mass is 241 g/mol. The van der Waals surface area contributed by atoms with Gasteiger partial charge in [-0.05, 0) is 34.8 Å². The zero-order valence-electron chi connectivity index (χ0n) is 7.33. The Morgan fingerprint density at radius 1 is 1.38 bits per heavy atom. The normalized spacial score (nSPS) is 16.5. The lowest BCUT2D eigenvalue weighted by molar-refractivity contribution is 0.949. The summed E-state index contributed by atoms with van der Waals surface area (Å²) in [5.74, 6) is 0.558. The van der Waals surface area contributed by atoms with Gasteiger partial charge in [0.15, 0.2) is 0 Å². The third kappa shape index (κ3) is 1.77. The van der Waals surface area contributed by atoms with Crippen LogP contribution in [0.3, 0.4) is 0 Å². The molecule has 70 valence electrons. The average molecular weight is 242 g/mol. The van der Waals surface area contributed by atoms with E-state index in [0.29, 0.717) is 5.82 Å². The van der Waals surface area contributed by atoms with Crippen LogP contribution in [0.15, 0.2) is 16.7 Å². The van der Waals surface area contributed by atoms with Crippen molar-refractivity contribution < 1.29 is 0 Å². The van der Waals surface area contributed by atoms with Crippen LogP contribution in [0.5, 0.6) is 0 Å². The molecule has 0 radical (unpaired) electrons. The quantitative estimate of drug-likeness (QED) is 0.819. The molecule has 0 spiro atoms. The minimum absolute atomic E-state index is 0.558. The van der Waals surface area contributed by atoms with E-state index < -0.39 is 0 Å². The highest BCUT2D eigenvalue weighted by Gasteiger charge is 2.13. The number of anilines is 2. The SMILES string of the molecule is Nc1ncc(N2CCCC2)cc1Br. The van der Waals surface area contributed by atoms with Gasteiger partial charge in [-0.3, -0.25) is 0 Å². The molecule has 0 atom stereocenters. The van der Waals surface area contributed by atoms with Crippen LogP contribution in [0.2, 0.25) is 0 Å². The van der Waals surface area contributed by atoms with Gasteiger partial charge >= 0.3 is 0 Å². The van der Waals surface area contributed by atoms with Crippen molar-refractivity contribution in [3.05, 3.63) is 16.7 Å². The summed E-state index contributed by atoms with van der Waals surface area (Å²) in [6, 6.07) is 2.04. The number of nitrogen functional groups attached to an aromatic ring is 1. The molecule has 0 bridgehead atoms. The topological polar surface area (TPSA) is 42.1 Å². The van der Waals surface area contributed by atoms with Crippen molar-refractivity contribution in [1.82, 2.24) is 4.98 Å². The third-order valence-electron chi connectivity index (χ3n) is 2.33. The Morgan fingerprint density at radius 2 is 2.08 bits per heavy atom. The molecule has 1 saturated heterocycles. The van der Waals surface area contributed by atoms with Crippen LogP contribution in [0, 0.1) is 0 Å². The van der Waals surface area contributed by atoms with E-state index in [1.54, 1.807) is 0 Å². The first-order chi connectivity index (χ1) is 6.27. The molecule has 0 amide bonds. The van der Waals surface area contributed by atoms with Gasteiger partial charge in [0.2, 0.25) is 0 Å². The molecule has 1 aromatic rings. The Morgan fingerprint density at radius 3 is 2.69 bits per heavy atom. The van der Waals surface area contributed by atoms with Crippen molar-refractivity contribution in [2.24, 2.45) is 0 Å². The molecule has 4 heteroatoms. The number of pyridine rings is 1. The number of nitrogens with zero attached hydrogens (tertiary/aromatic N) is 2. The van der Waals surface area contributed by atoms with E-state index in [1.807, 2.05) is 12.3 Å². The van der Waals surface area contributed by atoms with Crippen molar-refractivity contribution in [1.29, 1.82) is 0 Å². The van der Waals surface area contributed by atoms with Gasteiger partial charge in [-0.2, -0.15) is 0 Å². The lowest BCUT2D eigenvalue weighted by atomic mass is 10.4. The second kappa shape index (κ2) is 3.54. The third-order valence-corrected chi connectivity index (χ3v) is 2.96. The predicted octanol–water partition coefficient (Wildman–Crippen LogP) is 2.03. The van der Waals surface area contributed by atoms with Crippen LogP contribution in [-0.4, -0.2) is 18.1 Å². The highest BCUT2D eigenvalue weighted by atomic mass is 79.9. The molecule has 1 aromatic heterocycles. The molecule has 0 saturated carbocycles. The first kappa shape index (κ1) is 8.81.